The molecule has 100 valence electrons. The van der Waals surface area contributed by atoms with Gasteiger partial charge in [0, 0.05) is 32.3 Å². The summed E-state index contributed by atoms with van der Waals surface area (Å²) >= 11 is 0. The lowest BCUT2D eigenvalue weighted by molar-refractivity contribution is -0.120. The molecule has 2 N–H and O–H groups in total. The average Bonchev–Trinajstić information content (AvgIpc) is 2.39. The molecule has 5 heteroatoms. The van der Waals surface area contributed by atoms with Gasteiger partial charge in [0.25, 0.3) is 0 Å². The van der Waals surface area contributed by atoms with E-state index in [9.17, 15) is 4.79 Å². The van der Waals surface area contributed by atoms with Gasteiger partial charge in [0.05, 0.1) is 0 Å². The highest BCUT2D eigenvalue weighted by atomic mass is 16.5. The smallest absolute Gasteiger partial charge is 0.219 e. The van der Waals surface area contributed by atoms with Gasteiger partial charge < -0.3 is 15.4 Å². The summed E-state index contributed by atoms with van der Waals surface area (Å²) in [6, 6.07) is 3.83. The van der Waals surface area contributed by atoms with Crippen molar-refractivity contribution in [2.24, 2.45) is 0 Å². The predicted molar refractivity (Wildman–Crippen MR) is 70.6 cm³/mol. The van der Waals surface area contributed by atoms with E-state index < -0.39 is 0 Å². The molecule has 0 aliphatic carbocycles. The van der Waals surface area contributed by atoms with Gasteiger partial charge in [-0.25, -0.2) is 4.98 Å². The van der Waals surface area contributed by atoms with E-state index in [0.717, 1.165) is 25.1 Å². The van der Waals surface area contributed by atoms with E-state index in [4.69, 9.17) is 4.74 Å². The summed E-state index contributed by atoms with van der Waals surface area (Å²) < 4.78 is 5.46. The van der Waals surface area contributed by atoms with Crippen LogP contribution >= 0.6 is 0 Å². The molecular formula is C13H21N3O2. The van der Waals surface area contributed by atoms with Crippen LogP contribution in [0.15, 0.2) is 18.3 Å². The summed E-state index contributed by atoms with van der Waals surface area (Å²) in [5.41, 5.74) is 1.12. The summed E-state index contributed by atoms with van der Waals surface area (Å²) in [7, 11) is 1.65. The minimum atomic E-state index is 0.0805. The third-order valence-corrected chi connectivity index (χ3v) is 2.45. The number of nitrogens with one attached hydrogen (secondary N) is 2. The maximum absolute atomic E-state index is 10.9. The third kappa shape index (κ3) is 6.20. The fraction of sp³-hybridized carbons (Fsp3) is 0.538. The highest BCUT2D eigenvalue weighted by molar-refractivity contribution is 5.75. The molecule has 0 bridgehead atoms. The number of amides is 1. The Balaban J connectivity index is 1.99. The second-order valence-electron chi connectivity index (χ2n) is 4.05. The SMILES string of the molecule is CNC(=O)CCCNCCOc1ccc(C)cn1. The first-order valence-electron chi connectivity index (χ1n) is 6.19. The molecule has 0 radical (unpaired) electrons. The number of rotatable bonds is 8. The van der Waals surface area contributed by atoms with Crippen LogP contribution in [0.1, 0.15) is 18.4 Å². The molecule has 0 aliphatic rings. The Labute approximate surface area is 108 Å². The van der Waals surface area contributed by atoms with Crippen molar-refractivity contribution in [2.75, 3.05) is 26.7 Å². The highest BCUT2D eigenvalue weighted by Crippen LogP contribution is 2.05. The van der Waals surface area contributed by atoms with Crippen molar-refractivity contribution < 1.29 is 9.53 Å². The Bertz CT molecular complexity index is 352. The van der Waals surface area contributed by atoms with Crippen molar-refractivity contribution in [3.63, 3.8) is 0 Å². The molecule has 0 saturated heterocycles. The molecular weight excluding hydrogens is 230 g/mol. The number of hydrogen-bond acceptors (Lipinski definition) is 4. The van der Waals surface area contributed by atoms with Gasteiger partial charge in [-0.05, 0) is 25.5 Å². The largest absolute Gasteiger partial charge is 0.476 e. The van der Waals surface area contributed by atoms with Gasteiger partial charge in [0.2, 0.25) is 11.8 Å². The number of hydrogen-bond donors (Lipinski definition) is 2. The molecule has 18 heavy (non-hydrogen) atoms. The zero-order chi connectivity index (χ0) is 13.2. The van der Waals surface area contributed by atoms with Gasteiger partial charge in [-0.15, -0.1) is 0 Å². The maximum Gasteiger partial charge on any atom is 0.219 e. The second kappa shape index (κ2) is 8.47. The second-order valence-corrected chi connectivity index (χ2v) is 4.05. The number of nitrogens with zero attached hydrogens (tertiary/aromatic N) is 1. The van der Waals surface area contributed by atoms with Gasteiger partial charge >= 0.3 is 0 Å². The molecule has 1 heterocycles. The average molecular weight is 251 g/mol. The van der Waals surface area contributed by atoms with Crippen LogP contribution in [0, 0.1) is 6.92 Å². The van der Waals surface area contributed by atoms with Gasteiger partial charge in [0.15, 0.2) is 0 Å². The summed E-state index contributed by atoms with van der Waals surface area (Å²) in [5, 5.41) is 5.81. The first-order chi connectivity index (χ1) is 8.72. The lowest BCUT2D eigenvalue weighted by Gasteiger charge is -2.06. The van der Waals surface area contributed by atoms with Gasteiger partial charge in [-0.3, -0.25) is 4.79 Å². The molecule has 1 aromatic rings. The molecule has 0 atom stereocenters. The Kier molecular flexibility index (Phi) is 6.79. The van der Waals surface area contributed by atoms with Crippen molar-refractivity contribution in [3.05, 3.63) is 23.9 Å². The number of aryl methyl sites for hydroxylation is 1. The number of ether oxygens (including phenoxy) is 1. The Morgan fingerprint density at radius 3 is 2.89 bits per heavy atom. The molecule has 0 spiro atoms. The molecule has 0 aromatic carbocycles. The molecule has 1 rings (SSSR count). The van der Waals surface area contributed by atoms with E-state index in [1.807, 2.05) is 19.1 Å². The van der Waals surface area contributed by atoms with E-state index >= 15 is 0 Å². The third-order valence-electron chi connectivity index (χ3n) is 2.45. The van der Waals surface area contributed by atoms with Gasteiger partial charge in [-0.2, -0.15) is 0 Å². The van der Waals surface area contributed by atoms with Gasteiger partial charge in [-0.1, -0.05) is 6.07 Å². The van der Waals surface area contributed by atoms with Crippen LogP contribution in [0.2, 0.25) is 0 Å². The molecule has 0 unspecified atom stereocenters. The van der Waals surface area contributed by atoms with Crippen LogP contribution < -0.4 is 15.4 Å². The standard InChI is InChI=1S/C13H21N3O2/c1-11-5-6-13(16-10-11)18-9-8-15-7-3-4-12(17)14-2/h5-6,10,15H,3-4,7-9H2,1-2H3,(H,14,17). The zero-order valence-corrected chi connectivity index (χ0v) is 11.0. The lowest BCUT2D eigenvalue weighted by Crippen LogP contribution is -2.24. The van der Waals surface area contributed by atoms with Gasteiger partial charge in [0.1, 0.15) is 6.61 Å². The van der Waals surface area contributed by atoms with Crippen LogP contribution in [0.4, 0.5) is 0 Å². The normalized spacial score (nSPS) is 10.1. The van der Waals surface area contributed by atoms with Crippen molar-refractivity contribution in [2.45, 2.75) is 19.8 Å². The number of pyridine rings is 1. The summed E-state index contributed by atoms with van der Waals surface area (Å²) in [6.07, 6.45) is 3.18. The van der Waals surface area contributed by atoms with Crippen molar-refractivity contribution in [1.29, 1.82) is 0 Å². The topological polar surface area (TPSA) is 63.2 Å². The van der Waals surface area contributed by atoms with E-state index in [2.05, 4.69) is 15.6 Å². The van der Waals surface area contributed by atoms with Crippen LogP contribution in [-0.4, -0.2) is 37.6 Å². The first-order valence-corrected chi connectivity index (χ1v) is 6.19. The monoisotopic (exact) mass is 251 g/mol. The predicted octanol–water partition coefficient (Wildman–Crippen LogP) is 0.885. The number of aromatic nitrogens is 1. The number of carbonyl (C=O) groups is 1. The first kappa shape index (κ1) is 14.4. The molecule has 1 amide bonds. The van der Waals surface area contributed by atoms with Crippen LogP contribution in [0.5, 0.6) is 5.88 Å². The van der Waals surface area contributed by atoms with E-state index in [1.165, 1.54) is 0 Å². The van der Waals surface area contributed by atoms with Crippen LogP contribution in [0.3, 0.4) is 0 Å². The Hall–Kier alpha value is -1.62. The quantitative estimate of drug-likeness (QED) is 0.673. The molecule has 1 aromatic heterocycles. The summed E-state index contributed by atoms with van der Waals surface area (Å²) in [5.74, 6) is 0.727. The van der Waals surface area contributed by atoms with Crippen molar-refractivity contribution in [3.8, 4) is 5.88 Å². The molecule has 0 fully saturated rings. The fourth-order valence-corrected chi connectivity index (χ4v) is 1.39. The minimum Gasteiger partial charge on any atom is -0.476 e. The van der Waals surface area contributed by atoms with Crippen molar-refractivity contribution >= 4 is 5.91 Å². The highest BCUT2D eigenvalue weighted by Gasteiger charge is 1.97. The summed E-state index contributed by atoms with van der Waals surface area (Å²) in [4.78, 5) is 15.1. The Morgan fingerprint density at radius 1 is 1.39 bits per heavy atom. The Morgan fingerprint density at radius 2 is 2.22 bits per heavy atom. The van der Waals surface area contributed by atoms with Crippen molar-refractivity contribution in [1.82, 2.24) is 15.6 Å². The summed E-state index contributed by atoms with van der Waals surface area (Å²) in [6.45, 7) is 4.14. The van der Waals surface area contributed by atoms with Crippen LogP contribution in [0.25, 0.3) is 0 Å². The molecule has 0 saturated carbocycles. The maximum atomic E-state index is 10.9. The minimum absolute atomic E-state index is 0.0805. The fourth-order valence-electron chi connectivity index (χ4n) is 1.39. The van der Waals surface area contributed by atoms with E-state index in [1.54, 1.807) is 13.2 Å². The molecule has 5 nitrogen and oxygen atoms in total. The zero-order valence-electron chi connectivity index (χ0n) is 11.0. The molecule has 0 aliphatic heterocycles. The van der Waals surface area contributed by atoms with E-state index in [-0.39, 0.29) is 5.91 Å². The lowest BCUT2D eigenvalue weighted by atomic mass is 10.3. The van der Waals surface area contributed by atoms with E-state index in [0.29, 0.717) is 18.9 Å². The van der Waals surface area contributed by atoms with Crippen LogP contribution in [-0.2, 0) is 4.79 Å². The number of carbonyl (C=O) groups excluding carboxylic acids is 1.